The lowest BCUT2D eigenvalue weighted by molar-refractivity contribution is -0.136. The number of hydrogen-bond acceptors (Lipinski definition) is 3. The van der Waals surface area contributed by atoms with Crippen LogP contribution in [0.4, 0.5) is 13.2 Å². The van der Waals surface area contributed by atoms with E-state index in [0.717, 1.165) is 5.56 Å². The van der Waals surface area contributed by atoms with Gasteiger partial charge < -0.3 is 5.11 Å². The number of benzene rings is 1. The third-order valence-electron chi connectivity index (χ3n) is 2.67. The van der Waals surface area contributed by atoms with E-state index in [2.05, 4.69) is 0 Å². The minimum Gasteiger partial charge on any atom is -0.395 e. The van der Waals surface area contributed by atoms with Gasteiger partial charge in [0.25, 0.3) is 0 Å². The van der Waals surface area contributed by atoms with Gasteiger partial charge in [-0.2, -0.15) is 17.5 Å². The molecule has 8 heteroatoms. The summed E-state index contributed by atoms with van der Waals surface area (Å²) in [6, 6.07) is 5.65. The lowest BCUT2D eigenvalue weighted by Crippen LogP contribution is -2.40. The molecule has 1 rings (SSSR count). The average molecular weight is 311 g/mol. The van der Waals surface area contributed by atoms with Crippen LogP contribution in [0, 0.1) is 0 Å². The fourth-order valence-corrected chi connectivity index (χ4v) is 3.06. The molecular formula is C12H16F3NO3S. The van der Waals surface area contributed by atoms with Crippen molar-refractivity contribution in [2.75, 3.05) is 19.7 Å². The molecule has 0 bridgehead atoms. The molecule has 4 nitrogen and oxygen atoms in total. The maximum Gasteiger partial charge on any atom is 0.402 e. The second kappa shape index (κ2) is 6.55. The van der Waals surface area contributed by atoms with Crippen molar-refractivity contribution in [3.05, 3.63) is 29.8 Å². The number of hydrogen-bond donors (Lipinski definition) is 1. The molecule has 0 radical (unpaired) electrons. The first-order valence-corrected chi connectivity index (χ1v) is 7.41. The first-order valence-electron chi connectivity index (χ1n) is 5.97. The van der Waals surface area contributed by atoms with Crippen LogP contribution in [0.1, 0.15) is 12.5 Å². The fourth-order valence-electron chi connectivity index (χ4n) is 1.64. The first kappa shape index (κ1) is 16.9. The monoisotopic (exact) mass is 311 g/mol. The molecule has 0 saturated carbocycles. The number of rotatable bonds is 6. The minimum atomic E-state index is -4.66. The Kier molecular flexibility index (Phi) is 5.55. The van der Waals surface area contributed by atoms with Gasteiger partial charge in [0.05, 0.1) is 11.5 Å². The lowest BCUT2D eigenvalue weighted by Gasteiger charge is -2.22. The van der Waals surface area contributed by atoms with Crippen LogP contribution in [-0.2, 0) is 16.4 Å². The third-order valence-corrected chi connectivity index (χ3v) is 4.53. The van der Waals surface area contributed by atoms with Crippen LogP contribution >= 0.6 is 0 Å². The number of aliphatic hydroxyl groups excluding tert-OH is 1. The van der Waals surface area contributed by atoms with Crippen molar-refractivity contribution in [1.29, 1.82) is 0 Å². The molecule has 0 fully saturated rings. The average Bonchev–Trinajstić information content (AvgIpc) is 2.37. The van der Waals surface area contributed by atoms with E-state index in [4.69, 9.17) is 5.11 Å². The number of sulfonamides is 1. The molecule has 1 aromatic rings. The summed E-state index contributed by atoms with van der Waals surface area (Å²) >= 11 is 0. The molecule has 0 unspecified atom stereocenters. The molecule has 0 aromatic heterocycles. The molecule has 1 N–H and O–H groups in total. The highest BCUT2D eigenvalue weighted by Gasteiger charge is 2.36. The molecular weight excluding hydrogens is 295 g/mol. The summed E-state index contributed by atoms with van der Waals surface area (Å²) in [5.74, 6) is 0. The number of aryl methyl sites for hydroxylation is 1. The molecule has 0 atom stereocenters. The Balaban J connectivity index is 3.08. The zero-order chi connectivity index (χ0) is 15.4. The maximum absolute atomic E-state index is 12.4. The summed E-state index contributed by atoms with van der Waals surface area (Å²) in [6.45, 7) is -1.02. The van der Waals surface area contributed by atoms with Crippen LogP contribution in [0.25, 0.3) is 0 Å². The molecule has 20 heavy (non-hydrogen) atoms. The first-order chi connectivity index (χ1) is 9.20. The smallest absolute Gasteiger partial charge is 0.395 e. The molecule has 0 amide bonds. The topological polar surface area (TPSA) is 57.6 Å². The summed E-state index contributed by atoms with van der Waals surface area (Å²) in [5, 5.41) is 8.75. The van der Waals surface area contributed by atoms with Crippen molar-refractivity contribution in [3.63, 3.8) is 0 Å². The van der Waals surface area contributed by atoms with Gasteiger partial charge in [-0.05, 0) is 24.1 Å². The Morgan fingerprint density at radius 3 is 2.15 bits per heavy atom. The summed E-state index contributed by atoms with van der Waals surface area (Å²) in [4.78, 5) is -0.215. The van der Waals surface area contributed by atoms with Crippen molar-refractivity contribution in [1.82, 2.24) is 4.31 Å². The maximum atomic E-state index is 12.4. The van der Waals surface area contributed by atoms with Gasteiger partial charge >= 0.3 is 6.18 Å². The van der Waals surface area contributed by atoms with E-state index in [1.54, 1.807) is 12.1 Å². The highest BCUT2D eigenvalue weighted by atomic mass is 32.2. The van der Waals surface area contributed by atoms with Crippen molar-refractivity contribution in [2.24, 2.45) is 0 Å². The van der Waals surface area contributed by atoms with Gasteiger partial charge in [-0.15, -0.1) is 0 Å². The summed E-state index contributed by atoms with van der Waals surface area (Å²) in [5.41, 5.74) is 0.883. The van der Waals surface area contributed by atoms with E-state index in [0.29, 0.717) is 6.42 Å². The van der Waals surface area contributed by atoms with E-state index >= 15 is 0 Å². The number of alkyl halides is 3. The normalized spacial score (nSPS) is 12.9. The highest BCUT2D eigenvalue weighted by Crippen LogP contribution is 2.22. The van der Waals surface area contributed by atoms with Crippen LogP contribution in [0.2, 0.25) is 0 Å². The Bertz CT molecular complexity index is 526. The molecule has 114 valence electrons. The van der Waals surface area contributed by atoms with Crippen LogP contribution in [-0.4, -0.2) is 43.7 Å². The Labute approximate surface area is 115 Å². The second-order valence-corrected chi connectivity index (χ2v) is 6.11. The van der Waals surface area contributed by atoms with Crippen molar-refractivity contribution >= 4 is 10.0 Å². The van der Waals surface area contributed by atoms with Gasteiger partial charge in [-0.25, -0.2) is 8.42 Å². The van der Waals surface area contributed by atoms with Crippen molar-refractivity contribution in [2.45, 2.75) is 24.4 Å². The molecule has 0 spiro atoms. The number of halogens is 3. The largest absolute Gasteiger partial charge is 0.402 e. The van der Waals surface area contributed by atoms with Gasteiger partial charge in [0.1, 0.15) is 6.54 Å². The molecule has 1 aromatic carbocycles. The Hall–Kier alpha value is -1.12. The molecule has 0 aliphatic carbocycles. The number of nitrogens with zero attached hydrogens (tertiary/aromatic N) is 1. The third kappa shape index (κ3) is 4.46. The molecule has 0 aliphatic heterocycles. The standard InChI is InChI=1S/C12H16F3NO3S/c1-2-10-3-5-11(6-4-10)20(18,19)16(7-8-17)9-12(13,14)15/h3-6,17H,2,7-9H2,1H3. The Morgan fingerprint density at radius 2 is 1.75 bits per heavy atom. The van der Waals surface area contributed by atoms with Crippen molar-refractivity contribution in [3.8, 4) is 0 Å². The SMILES string of the molecule is CCc1ccc(S(=O)(=O)N(CCO)CC(F)(F)F)cc1. The van der Waals surface area contributed by atoms with E-state index in [9.17, 15) is 21.6 Å². The van der Waals surface area contributed by atoms with Gasteiger partial charge in [-0.1, -0.05) is 19.1 Å². The lowest BCUT2D eigenvalue weighted by atomic mass is 10.2. The zero-order valence-electron chi connectivity index (χ0n) is 10.9. The molecule has 0 aliphatic rings. The van der Waals surface area contributed by atoms with E-state index < -0.39 is 35.9 Å². The van der Waals surface area contributed by atoms with Crippen molar-refractivity contribution < 1.29 is 26.7 Å². The van der Waals surface area contributed by atoms with Crippen LogP contribution < -0.4 is 0 Å². The van der Waals surface area contributed by atoms with Gasteiger partial charge in [0.2, 0.25) is 10.0 Å². The quantitative estimate of drug-likeness (QED) is 0.871. The number of aliphatic hydroxyl groups is 1. The zero-order valence-corrected chi connectivity index (χ0v) is 11.7. The minimum absolute atomic E-state index is 0.215. The van der Waals surface area contributed by atoms with Gasteiger partial charge in [0, 0.05) is 6.54 Å². The second-order valence-electron chi connectivity index (χ2n) is 4.17. The molecule has 0 heterocycles. The summed E-state index contributed by atoms with van der Waals surface area (Å²) in [6.07, 6.45) is -3.96. The highest BCUT2D eigenvalue weighted by molar-refractivity contribution is 7.89. The fraction of sp³-hybridized carbons (Fsp3) is 0.500. The van der Waals surface area contributed by atoms with Gasteiger partial charge in [-0.3, -0.25) is 0 Å². The van der Waals surface area contributed by atoms with Crippen LogP contribution in [0.3, 0.4) is 0 Å². The summed E-state index contributed by atoms with van der Waals surface area (Å²) in [7, 11) is -4.27. The van der Waals surface area contributed by atoms with Gasteiger partial charge in [0.15, 0.2) is 0 Å². The Morgan fingerprint density at radius 1 is 1.20 bits per heavy atom. The van der Waals surface area contributed by atoms with E-state index in [1.165, 1.54) is 12.1 Å². The predicted molar refractivity (Wildman–Crippen MR) is 67.7 cm³/mol. The predicted octanol–water partition coefficient (Wildman–Crippen LogP) is 1.79. The molecule has 0 saturated heterocycles. The van der Waals surface area contributed by atoms with E-state index in [-0.39, 0.29) is 9.20 Å². The van der Waals surface area contributed by atoms with E-state index in [1.807, 2.05) is 6.92 Å². The summed E-state index contributed by atoms with van der Waals surface area (Å²) < 4.78 is 61.7. The van der Waals surface area contributed by atoms with Crippen LogP contribution in [0.15, 0.2) is 29.2 Å². The van der Waals surface area contributed by atoms with Crippen LogP contribution in [0.5, 0.6) is 0 Å².